The molecular weight excluding hydrogens is 454 g/mol. The molecule has 1 amide bonds. The van der Waals surface area contributed by atoms with E-state index in [0.29, 0.717) is 11.1 Å². The Morgan fingerprint density at radius 2 is 1.67 bits per heavy atom. The van der Waals surface area contributed by atoms with Crippen LogP contribution in [0.1, 0.15) is 39.8 Å². The SMILES string of the molecule is Cc1c(C(=O)NCC(C)OC(=O)c2ccccc2)cc(-c2ccccc2)n1CCCN1CCOCC1. The first-order valence-electron chi connectivity index (χ1n) is 12.6. The van der Waals surface area contributed by atoms with Crippen molar-refractivity contribution in [3.8, 4) is 11.3 Å². The number of rotatable bonds is 10. The number of hydrogen-bond donors (Lipinski definition) is 1. The number of benzene rings is 2. The molecule has 0 aliphatic carbocycles. The van der Waals surface area contributed by atoms with Crippen LogP contribution in [0.4, 0.5) is 0 Å². The summed E-state index contributed by atoms with van der Waals surface area (Å²) in [4.78, 5) is 27.9. The maximum absolute atomic E-state index is 13.2. The van der Waals surface area contributed by atoms with Gasteiger partial charge in [-0.05, 0) is 44.0 Å². The third-order valence-electron chi connectivity index (χ3n) is 6.51. The molecule has 36 heavy (non-hydrogen) atoms. The monoisotopic (exact) mass is 489 g/mol. The van der Waals surface area contributed by atoms with Crippen LogP contribution >= 0.6 is 0 Å². The molecule has 1 aromatic heterocycles. The molecule has 1 atom stereocenters. The summed E-state index contributed by atoms with van der Waals surface area (Å²) in [6.45, 7) is 9.36. The lowest BCUT2D eigenvalue weighted by Gasteiger charge is -2.26. The van der Waals surface area contributed by atoms with Crippen LogP contribution in [-0.4, -0.2) is 66.8 Å². The lowest BCUT2D eigenvalue weighted by Crippen LogP contribution is -2.37. The van der Waals surface area contributed by atoms with Gasteiger partial charge < -0.3 is 19.4 Å². The van der Waals surface area contributed by atoms with Gasteiger partial charge in [0.25, 0.3) is 5.91 Å². The van der Waals surface area contributed by atoms with Crippen molar-refractivity contribution >= 4 is 11.9 Å². The highest BCUT2D eigenvalue weighted by Gasteiger charge is 2.20. The van der Waals surface area contributed by atoms with E-state index in [2.05, 4.69) is 26.9 Å². The number of carbonyl (C=O) groups is 2. The number of nitrogens with zero attached hydrogens (tertiary/aromatic N) is 2. The molecule has 1 unspecified atom stereocenters. The molecule has 2 heterocycles. The highest BCUT2D eigenvalue weighted by molar-refractivity contribution is 5.97. The van der Waals surface area contributed by atoms with E-state index in [1.165, 1.54) is 0 Å². The molecule has 4 rings (SSSR count). The van der Waals surface area contributed by atoms with Crippen molar-refractivity contribution in [2.45, 2.75) is 32.9 Å². The van der Waals surface area contributed by atoms with Gasteiger partial charge in [-0.25, -0.2) is 4.79 Å². The number of carbonyl (C=O) groups excluding carboxylic acids is 2. The average Bonchev–Trinajstić information content (AvgIpc) is 3.25. The quantitative estimate of drug-likeness (QED) is 0.433. The molecule has 1 fully saturated rings. The highest BCUT2D eigenvalue weighted by atomic mass is 16.5. The molecule has 0 spiro atoms. The van der Waals surface area contributed by atoms with Gasteiger partial charge in [-0.2, -0.15) is 0 Å². The highest BCUT2D eigenvalue weighted by Crippen LogP contribution is 2.26. The van der Waals surface area contributed by atoms with Crippen LogP contribution in [0.5, 0.6) is 0 Å². The van der Waals surface area contributed by atoms with Gasteiger partial charge in [-0.1, -0.05) is 48.5 Å². The van der Waals surface area contributed by atoms with E-state index in [9.17, 15) is 9.59 Å². The molecule has 3 aromatic rings. The first kappa shape index (κ1) is 25.7. The van der Waals surface area contributed by atoms with Crippen molar-refractivity contribution in [1.29, 1.82) is 0 Å². The van der Waals surface area contributed by atoms with Crippen LogP contribution in [0, 0.1) is 6.92 Å². The van der Waals surface area contributed by atoms with Crippen LogP contribution in [0.2, 0.25) is 0 Å². The standard InChI is InChI=1S/C29H35N3O4/c1-22(36-29(34)25-12-7-4-8-13-25)21-30-28(33)26-20-27(24-10-5-3-6-11-24)32(23(26)2)15-9-14-31-16-18-35-19-17-31/h3-8,10-13,20,22H,9,14-19,21H2,1-2H3,(H,30,33). The first-order valence-corrected chi connectivity index (χ1v) is 12.6. The Morgan fingerprint density at radius 3 is 2.36 bits per heavy atom. The molecule has 0 saturated carbocycles. The number of aromatic nitrogens is 1. The Labute approximate surface area is 213 Å². The van der Waals surface area contributed by atoms with E-state index < -0.39 is 12.1 Å². The van der Waals surface area contributed by atoms with Gasteiger partial charge in [0.15, 0.2) is 0 Å². The van der Waals surface area contributed by atoms with Gasteiger partial charge in [-0.3, -0.25) is 9.69 Å². The summed E-state index contributed by atoms with van der Waals surface area (Å²) in [5, 5.41) is 2.94. The lowest BCUT2D eigenvalue weighted by molar-refractivity contribution is 0.0337. The zero-order valence-electron chi connectivity index (χ0n) is 21.1. The summed E-state index contributed by atoms with van der Waals surface area (Å²) in [6, 6.07) is 21.0. The fourth-order valence-corrected chi connectivity index (χ4v) is 4.49. The number of morpholine rings is 1. The first-order chi connectivity index (χ1) is 17.5. The van der Waals surface area contributed by atoms with E-state index in [1.54, 1.807) is 31.2 Å². The molecule has 1 aliphatic rings. The van der Waals surface area contributed by atoms with E-state index in [-0.39, 0.29) is 12.5 Å². The van der Waals surface area contributed by atoms with Crippen LogP contribution in [0.3, 0.4) is 0 Å². The van der Waals surface area contributed by atoms with Gasteiger partial charge in [-0.15, -0.1) is 0 Å². The van der Waals surface area contributed by atoms with Crippen molar-refractivity contribution in [2.75, 3.05) is 39.4 Å². The number of nitrogens with one attached hydrogen (secondary N) is 1. The van der Waals surface area contributed by atoms with Crippen LogP contribution in [0.15, 0.2) is 66.7 Å². The lowest BCUT2D eigenvalue weighted by atomic mass is 10.1. The Bertz CT molecular complexity index is 1140. The summed E-state index contributed by atoms with van der Waals surface area (Å²) in [5.74, 6) is -0.564. The Hall–Kier alpha value is -3.42. The molecule has 190 valence electrons. The number of esters is 1. The molecule has 1 saturated heterocycles. The molecule has 2 aromatic carbocycles. The minimum Gasteiger partial charge on any atom is -0.457 e. The second kappa shape index (κ2) is 12.5. The number of amides is 1. The van der Waals surface area contributed by atoms with Crippen molar-refractivity contribution < 1.29 is 19.1 Å². The topological polar surface area (TPSA) is 72.8 Å². The zero-order chi connectivity index (χ0) is 25.3. The molecule has 1 aliphatic heterocycles. The zero-order valence-corrected chi connectivity index (χ0v) is 21.1. The summed E-state index contributed by atoms with van der Waals surface area (Å²) < 4.78 is 13.2. The summed E-state index contributed by atoms with van der Waals surface area (Å²) in [7, 11) is 0. The average molecular weight is 490 g/mol. The van der Waals surface area contributed by atoms with Crippen molar-refractivity contribution in [2.24, 2.45) is 0 Å². The molecular formula is C29H35N3O4. The fourth-order valence-electron chi connectivity index (χ4n) is 4.49. The van der Waals surface area contributed by atoms with Crippen LogP contribution < -0.4 is 5.32 Å². The summed E-state index contributed by atoms with van der Waals surface area (Å²) in [5.41, 5.74) is 4.18. The van der Waals surface area contributed by atoms with Crippen molar-refractivity contribution in [3.05, 3.63) is 83.6 Å². The second-order valence-electron chi connectivity index (χ2n) is 9.15. The Morgan fingerprint density at radius 1 is 1.00 bits per heavy atom. The van der Waals surface area contributed by atoms with Crippen molar-refractivity contribution in [1.82, 2.24) is 14.8 Å². The van der Waals surface area contributed by atoms with Gasteiger partial charge in [0.1, 0.15) is 6.10 Å². The summed E-state index contributed by atoms with van der Waals surface area (Å²) >= 11 is 0. The molecule has 0 bridgehead atoms. The second-order valence-corrected chi connectivity index (χ2v) is 9.15. The van der Waals surface area contributed by atoms with Gasteiger partial charge >= 0.3 is 5.97 Å². The van der Waals surface area contributed by atoms with E-state index in [0.717, 1.165) is 62.8 Å². The molecule has 7 heteroatoms. The van der Waals surface area contributed by atoms with Gasteiger partial charge in [0, 0.05) is 37.6 Å². The van der Waals surface area contributed by atoms with E-state index >= 15 is 0 Å². The molecule has 0 radical (unpaired) electrons. The Balaban J connectivity index is 1.41. The Kier molecular flexibility index (Phi) is 8.92. The maximum Gasteiger partial charge on any atom is 0.338 e. The normalized spacial score (nSPS) is 14.8. The van der Waals surface area contributed by atoms with Gasteiger partial charge in [0.2, 0.25) is 0 Å². The summed E-state index contributed by atoms with van der Waals surface area (Å²) in [6.07, 6.45) is 0.536. The van der Waals surface area contributed by atoms with Gasteiger partial charge in [0.05, 0.1) is 30.9 Å². The predicted octanol–water partition coefficient (Wildman–Crippen LogP) is 4.16. The smallest absolute Gasteiger partial charge is 0.338 e. The largest absolute Gasteiger partial charge is 0.457 e. The van der Waals surface area contributed by atoms with E-state index in [4.69, 9.17) is 9.47 Å². The fraction of sp³-hybridized carbons (Fsp3) is 0.379. The predicted molar refractivity (Wildman–Crippen MR) is 140 cm³/mol. The number of ether oxygens (including phenoxy) is 2. The molecule has 1 N–H and O–H groups in total. The third-order valence-corrected chi connectivity index (χ3v) is 6.51. The van der Waals surface area contributed by atoms with Crippen LogP contribution in [-0.2, 0) is 16.0 Å². The maximum atomic E-state index is 13.2. The minimum absolute atomic E-state index is 0.167. The van der Waals surface area contributed by atoms with Crippen LogP contribution in [0.25, 0.3) is 11.3 Å². The minimum atomic E-state index is -0.453. The third kappa shape index (κ3) is 6.62. The van der Waals surface area contributed by atoms with Crippen molar-refractivity contribution in [3.63, 3.8) is 0 Å². The van der Waals surface area contributed by atoms with E-state index in [1.807, 2.05) is 37.3 Å². The number of hydrogen-bond acceptors (Lipinski definition) is 5. The molecule has 7 nitrogen and oxygen atoms in total.